The van der Waals surface area contributed by atoms with Crippen LogP contribution in [0.2, 0.25) is 5.02 Å². The minimum Gasteiger partial charge on any atom is -0.331 e. The number of nitrogens with zero attached hydrogens (tertiary/aromatic N) is 1. The van der Waals surface area contributed by atoms with E-state index in [1.807, 2.05) is 12.1 Å². The van der Waals surface area contributed by atoms with Crippen molar-refractivity contribution in [3.05, 3.63) is 34.9 Å². The van der Waals surface area contributed by atoms with E-state index in [1.165, 1.54) is 5.56 Å². The Hall–Kier alpha value is -0.530. The van der Waals surface area contributed by atoms with Crippen molar-refractivity contribution in [3.63, 3.8) is 0 Å². The molecule has 0 unspecified atom stereocenters. The molecule has 1 nitrogen and oxygen atoms in total. The lowest BCUT2D eigenvalue weighted by Gasteiger charge is -2.23. The van der Waals surface area contributed by atoms with Gasteiger partial charge in [-0.25, -0.2) is 0 Å². The van der Waals surface area contributed by atoms with E-state index in [1.54, 1.807) is 0 Å². The third-order valence-corrected chi connectivity index (χ3v) is 2.24. The van der Waals surface area contributed by atoms with Gasteiger partial charge in [0.1, 0.15) is 0 Å². The van der Waals surface area contributed by atoms with E-state index in [-0.39, 0.29) is 0 Å². The Bertz CT molecular complexity index is 258. The molecular formula is C11H17ClN+. The van der Waals surface area contributed by atoms with Gasteiger partial charge in [0.25, 0.3) is 0 Å². The summed E-state index contributed by atoms with van der Waals surface area (Å²) in [5, 5.41) is 0.814. The van der Waals surface area contributed by atoms with Gasteiger partial charge in [-0.1, -0.05) is 23.7 Å². The fourth-order valence-corrected chi connectivity index (χ4v) is 1.24. The van der Waals surface area contributed by atoms with Gasteiger partial charge in [-0.05, 0) is 17.7 Å². The van der Waals surface area contributed by atoms with Crippen LogP contribution in [0.25, 0.3) is 0 Å². The highest BCUT2D eigenvalue weighted by Gasteiger charge is 2.06. The van der Waals surface area contributed by atoms with Crippen molar-refractivity contribution in [1.29, 1.82) is 0 Å². The maximum absolute atomic E-state index is 5.80. The molecule has 0 radical (unpaired) electrons. The number of rotatable bonds is 3. The summed E-state index contributed by atoms with van der Waals surface area (Å²) in [6.45, 7) is 1.15. The van der Waals surface area contributed by atoms with Crippen LogP contribution in [0.5, 0.6) is 0 Å². The highest BCUT2D eigenvalue weighted by Crippen LogP contribution is 2.10. The highest BCUT2D eigenvalue weighted by atomic mass is 35.5. The molecule has 1 aromatic rings. The third-order valence-electron chi connectivity index (χ3n) is 1.98. The first kappa shape index (κ1) is 10.6. The van der Waals surface area contributed by atoms with Crippen LogP contribution in [0.15, 0.2) is 24.3 Å². The maximum atomic E-state index is 5.80. The highest BCUT2D eigenvalue weighted by molar-refractivity contribution is 6.30. The molecule has 0 amide bonds. The second-order valence-electron chi connectivity index (χ2n) is 4.39. The first-order valence-electron chi connectivity index (χ1n) is 4.52. The van der Waals surface area contributed by atoms with Gasteiger partial charge >= 0.3 is 0 Å². The summed E-state index contributed by atoms with van der Waals surface area (Å²) < 4.78 is 1.00. The molecule has 0 saturated heterocycles. The second kappa shape index (κ2) is 4.12. The van der Waals surface area contributed by atoms with E-state index in [2.05, 4.69) is 33.3 Å². The molecule has 1 aromatic carbocycles. The van der Waals surface area contributed by atoms with Gasteiger partial charge in [-0.3, -0.25) is 0 Å². The Balaban J connectivity index is 2.51. The Morgan fingerprint density at radius 1 is 1.08 bits per heavy atom. The summed E-state index contributed by atoms with van der Waals surface area (Å²) in [6, 6.07) is 8.09. The van der Waals surface area contributed by atoms with Crippen molar-refractivity contribution in [2.24, 2.45) is 0 Å². The van der Waals surface area contributed by atoms with Crippen molar-refractivity contribution < 1.29 is 4.48 Å². The van der Waals surface area contributed by atoms with Crippen LogP contribution >= 0.6 is 11.6 Å². The molecule has 0 aliphatic rings. The van der Waals surface area contributed by atoms with Crippen LogP contribution < -0.4 is 0 Å². The number of quaternary nitrogens is 1. The zero-order valence-electron chi connectivity index (χ0n) is 8.55. The zero-order chi connectivity index (χ0) is 9.90. The first-order chi connectivity index (χ1) is 5.97. The molecule has 0 bridgehead atoms. The van der Waals surface area contributed by atoms with Crippen LogP contribution in [0.1, 0.15) is 5.56 Å². The van der Waals surface area contributed by atoms with Gasteiger partial charge in [0.15, 0.2) is 0 Å². The molecule has 0 saturated carbocycles. The molecule has 0 fully saturated rings. The molecule has 0 N–H and O–H groups in total. The lowest BCUT2D eigenvalue weighted by molar-refractivity contribution is -0.870. The van der Waals surface area contributed by atoms with Crippen LogP contribution in [0.3, 0.4) is 0 Å². The minimum atomic E-state index is 0.814. The Kier molecular flexibility index (Phi) is 3.34. The lowest BCUT2D eigenvalue weighted by Crippen LogP contribution is -2.36. The Morgan fingerprint density at radius 2 is 1.62 bits per heavy atom. The summed E-state index contributed by atoms with van der Waals surface area (Å²) in [4.78, 5) is 0. The Labute approximate surface area is 85.5 Å². The monoisotopic (exact) mass is 198 g/mol. The standard InChI is InChI=1S/C11H17ClN/c1-13(2,3)9-8-10-4-6-11(12)7-5-10/h4-7H,8-9H2,1-3H3/q+1. The molecule has 1 rings (SSSR count). The molecule has 0 heterocycles. The van der Waals surface area contributed by atoms with E-state index in [0.29, 0.717) is 0 Å². The molecule has 0 atom stereocenters. The van der Waals surface area contributed by atoms with Crippen molar-refractivity contribution in [2.75, 3.05) is 27.7 Å². The SMILES string of the molecule is C[N+](C)(C)CCc1ccc(Cl)cc1. The van der Waals surface area contributed by atoms with Crippen molar-refractivity contribution in [2.45, 2.75) is 6.42 Å². The normalized spacial score (nSPS) is 11.7. The fraction of sp³-hybridized carbons (Fsp3) is 0.455. The predicted molar refractivity (Wildman–Crippen MR) is 58.1 cm³/mol. The second-order valence-corrected chi connectivity index (χ2v) is 4.83. The van der Waals surface area contributed by atoms with E-state index in [0.717, 1.165) is 22.5 Å². The molecule has 0 aromatic heterocycles. The van der Waals surface area contributed by atoms with Gasteiger partial charge in [0, 0.05) is 11.4 Å². The van der Waals surface area contributed by atoms with Crippen LogP contribution in [-0.4, -0.2) is 32.2 Å². The van der Waals surface area contributed by atoms with Crippen molar-refractivity contribution >= 4 is 11.6 Å². The van der Waals surface area contributed by atoms with E-state index in [4.69, 9.17) is 11.6 Å². The molecule has 72 valence electrons. The predicted octanol–water partition coefficient (Wildman–Crippen LogP) is 2.59. The summed E-state index contributed by atoms with van der Waals surface area (Å²) >= 11 is 5.80. The molecule has 0 spiro atoms. The number of hydrogen-bond donors (Lipinski definition) is 0. The van der Waals surface area contributed by atoms with E-state index < -0.39 is 0 Å². The van der Waals surface area contributed by atoms with Crippen molar-refractivity contribution in [1.82, 2.24) is 0 Å². The van der Waals surface area contributed by atoms with Crippen LogP contribution in [0.4, 0.5) is 0 Å². The third kappa shape index (κ3) is 4.30. The largest absolute Gasteiger partial charge is 0.331 e. The van der Waals surface area contributed by atoms with Gasteiger partial charge in [0.2, 0.25) is 0 Å². The molecule has 0 aliphatic carbocycles. The smallest absolute Gasteiger partial charge is 0.0821 e. The quantitative estimate of drug-likeness (QED) is 0.655. The van der Waals surface area contributed by atoms with E-state index >= 15 is 0 Å². The molecule has 0 aliphatic heterocycles. The number of likely N-dealkylation sites (N-methyl/N-ethyl adjacent to an activating group) is 1. The van der Waals surface area contributed by atoms with Crippen LogP contribution in [0, 0.1) is 0 Å². The van der Waals surface area contributed by atoms with Gasteiger partial charge in [-0.2, -0.15) is 0 Å². The van der Waals surface area contributed by atoms with Gasteiger partial charge < -0.3 is 4.48 Å². The lowest BCUT2D eigenvalue weighted by atomic mass is 10.1. The van der Waals surface area contributed by atoms with Crippen LogP contribution in [-0.2, 0) is 6.42 Å². The van der Waals surface area contributed by atoms with Gasteiger partial charge in [0.05, 0.1) is 27.7 Å². The molecular weight excluding hydrogens is 182 g/mol. The number of halogens is 1. The Morgan fingerprint density at radius 3 is 2.08 bits per heavy atom. The summed E-state index contributed by atoms with van der Waals surface area (Å²) in [5.41, 5.74) is 1.36. The number of hydrogen-bond acceptors (Lipinski definition) is 0. The summed E-state index contributed by atoms with van der Waals surface area (Å²) in [5.74, 6) is 0. The molecule has 13 heavy (non-hydrogen) atoms. The number of benzene rings is 1. The topological polar surface area (TPSA) is 0 Å². The van der Waals surface area contributed by atoms with Crippen molar-refractivity contribution in [3.8, 4) is 0 Å². The molecule has 2 heteroatoms. The summed E-state index contributed by atoms with van der Waals surface area (Å²) in [6.07, 6.45) is 1.11. The maximum Gasteiger partial charge on any atom is 0.0821 e. The first-order valence-corrected chi connectivity index (χ1v) is 4.90. The van der Waals surface area contributed by atoms with E-state index in [9.17, 15) is 0 Å². The minimum absolute atomic E-state index is 0.814. The average molecular weight is 199 g/mol. The summed E-state index contributed by atoms with van der Waals surface area (Å²) in [7, 11) is 6.61. The van der Waals surface area contributed by atoms with Gasteiger partial charge in [-0.15, -0.1) is 0 Å². The fourth-order valence-electron chi connectivity index (χ4n) is 1.12. The zero-order valence-corrected chi connectivity index (χ0v) is 9.30. The average Bonchev–Trinajstić information content (AvgIpc) is 2.02.